The Morgan fingerprint density at radius 2 is 1.87 bits per heavy atom. The van der Waals surface area contributed by atoms with Crippen LogP contribution in [0.3, 0.4) is 0 Å². The molecule has 3 aliphatic rings. The van der Waals surface area contributed by atoms with E-state index in [1.54, 1.807) is 0 Å². The number of hydrogen-bond acceptors (Lipinski definition) is 2. The average Bonchev–Trinajstić information content (AvgIpc) is 2.96. The van der Waals surface area contributed by atoms with Gasteiger partial charge in [0.05, 0.1) is 23.1 Å². The van der Waals surface area contributed by atoms with Crippen LogP contribution in [0.4, 0.5) is 0 Å². The van der Waals surface area contributed by atoms with E-state index >= 15 is 0 Å². The molecule has 1 aromatic carbocycles. The molecule has 0 aliphatic heterocycles. The highest BCUT2D eigenvalue weighted by Gasteiger charge is 2.51. The van der Waals surface area contributed by atoms with Gasteiger partial charge in [-0.2, -0.15) is 10.5 Å². The molecule has 0 aromatic heterocycles. The Balaban J connectivity index is 1.94. The van der Waals surface area contributed by atoms with Crippen LogP contribution in [-0.2, 0) is 5.41 Å². The predicted octanol–water partition coefficient (Wildman–Crippen LogP) is 4.36. The molecule has 2 heteroatoms. The molecule has 4 rings (SSSR count). The second-order valence-electron chi connectivity index (χ2n) is 6.49. The van der Waals surface area contributed by atoms with Gasteiger partial charge in [-0.1, -0.05) is 61.1 Å². The van der Waals surface area contributed by atoms with Gasteiger partial charge in [0.2, 0.25) is 0 Å². The van der Waals surface area contributed by atoms with Gasteiger partial charge >= 0.3 is 0 Å². The van der Waals surface area contributed by atoms with E-state index in [0.717, 1.165) is 17.6 Å². The summed E-state index contributed by atoms with van der Waals surface area (Å²) in [6, 6.07) is 15.0. The lowest BCUT2D eigenvalue weighted by atomic mass is 9.68. The Morgan fingerprint density at radius 1 is 1.09 bits per heavy atom. The first-order valence-electron chi connectivity index (χ1n) is 7.92. The van der Waals surface area contributed by atoms with Crippen molar-refractivity contribution < 1.29 is 0 Å². The highest BCUT2D eigenvalue weighted by Crippen LogP contribution is 2.56. The molecular formula is C21H16N2. The topological polar surface area (TPSA) is 47.6 Å². The van der Waals surface area contributed by atoms with Gasteiger partial charge in [0.25, 0.3) is 0 Å². The molecule has 0 heterocycles. The molecule has 110 valence electrons. The van der Waals surface area contributed by atoms with E-state index in [0.29, 0.717) is 11.5 Å². The van der Waals surface area contributed by atoms with Gasteiger partial charge in [0.1, 0.15) is 0 Å². The molecule has 1 unspecified atom stereocenters. The summed E-state index contributed by atoms with van der Waals surface area (Å²) < 4.78 is 0. The fourth-order valence-corrected chi connectivity index (χ4v) is 4.21. The summed E-state index contributed by atoms with van der Waals surface area (Å²) >= 11 is 0. The highest BCUT2D eigenvalue weighted by atomic mass is 14.5. The first-order chi connectivity index (χ1) is 11.2. The second-order valence-corrected chi connectivity index (χ2v) is 6.49. The molecule has 1 aromatic rings. The molecule has 2 nitrogen and oxygen atoms in total. The molecule has 0 spiro atoms. The molecule has 0 N–H and O–H groups in total. The average molecular weight is 296 g/mol. The smallest absolute Gasteiger partial charge is 0.0997 e. The van der Waals surface area contributed by atoms with Crippen molar-refractivity contribution in [3.63, 3.8) is 0 Å². The number of nitriles is 2. The Kier molecular flexibility index (Phi) is 2.90. The van der Waals surface area contributed by atoms with Crippen molar-refractivity contribution in [3.8, 4) is 12.1 Å². The van der Waals surface area contributed by atoms with Crippen molar-refractivity contribution in [2.45, 2.75) is 18.8 Å². The van der Waals surface area contributed by atoms with Crippen LogP contribution < -0.4 is 0 Å². The van der Waals surface area contributed by atoms with Crippen molar-refractivity contribution >= 4 is 0 Å². The molecular weight excluding hydrogens is 280 g/mol. The molecule has 23 heavy (non-hydrogen) atoms. The molecule has 3 aliphatic carbocycles. The molecule has 3 atom stereocenters. The number of nitrogens with zero attached hydrogens (tertiary/aromatic N) is 2. The third kappa shape index (κ3) is 1.73. The van der Waals surface area contributed by atoms with Crippen LogP contribution in [0.15, 0.2) is 76.9 Å². The minimum absolute atomic E-state index is 0.0319. The van der Waals surface area contributed by atoms with Gasteiger partial charge in [-0.05, 0) is 35.1 Å². The number of hydrogen-bond donors (Lipinski definition) is 0. The number of allylic oxidation sites excluding steroid dienone is 8. The van der Waals surface area contributed by atoms with E-state index in [-0.39, 0.29) is 5.92 Å². The maximum atomic E-state index is 10.1. The van der Waals surface area contributed by atoms with Crippen LogP contribution in [0, 0.1) is 34.5 Å². The minimum atomic E-state index is -0.561. The Labute approximate surface area is 136 Å². The second kappa shape index (κ2) is 4.83. The molecule has 0 saturated carbocycles. The van der Waals surface area contributed by atoms with Crippen LogP contribution in [0.2, 0.25) is 0 Å². The third-order valence-corrected chi connectivity index (χ3v) is 5.40. The summed E-state index contributed by atoms with van der Waals surface area (Å²) in [5.74, 6) is 0.353. The SMILES string of the molecule is C[C@@H]1C=CC2=C(C#N)C=CC3C2=C1C[C@@]3(C#N)c1ccccc1. The van der Waals surface area contributed by atoms with Crippen LogP contribution in [-0.4, -0.2) is 0 Å². The van der Waals surface area contributed by atoms with Gasteiger partial charge in [-0.25, -0.2) is 0 Å². The van der Waals surface area contributed by atoms with Crippen LogP contribution in [0.25, 0.3) is 0 Å². The van der Waals surface area contributed by atoms with E-state index in [1.807, 2.05) is 24.3 Å². The minimum Gasteiger partial charge on any atom is -0.197 e. The van der Waals surface area contributed by atoms with Gasteiger partial charge in [-0.15, -0.1) is 0 Å². The van der Waals surface area contributed by atoms with Crippen molar-refractivity contribution in [2.75, 3.05) is 0 Å². The monoisotopic (exact) mass is 296 g/mol. The molecule has 0 bridgehead atoms. The van der Waals surface area contributed by atoms with E-state index in [4.69, 9.17) is 0 Å². The van der Waals surface area contributed by atoms with Crippen molar-refractivity contribution in [1.82, 2.24) is 0 Å². The summed E-state index contributed by atoms with van der Waals surface area (Å²) in [4.78, 5) is 0. The predicted molar refractivity (Wildman–Crippen MR) is 88.9 cm³/mol. The van der Waals surface area contributed by atoms with Crippen LogP contribution in [0.5, 0.6) is 0 Å². The maximum Gasteiger partial charge on any atom is 0.0997 e. The van der Waals surface area contributed by atoms with Crippen molar-refractivity contribution in [3.05, 3.63) is 82.5 Å². The maximum absolute atomic E-state index is 10.1. The van der Waals surface area contributed by atoms with E-state index < -0.39 is 5.41 Å². The summed E-state index contributed by atoms with van der Waals surface area (Å²) in [5.41, 5.74) is 4.76. The number of rotatable bonds is 1. The van der Waals surface area contributed by atoms with Gasteiger partial charge in [-0.3, -0.25) is 0 Å². The Hall–Kier alpha value is -2.84. The lowest BCUT2D eigenvalue weighted by Gasteiger charge is -2.31. The highest BCUT2D eigenvalue weighted by molar-refractivity contribution is 5.66. The zero-order chi connectivity index (χ0) is 16.0. The number of benzene rings is 1. The van der Waals surface area contributed by atoms with Crippen molar-refractivity contribution in [1.29, 1.82) is 10.5 Å². The Bertz CT molecular complexity index is 884. The normalized spacial score (nSPS) is 30.9. The summed E-state index contributed by atoms with van der Waals surface area (Å²) in [6.45, 7) is 2.18. The Morgan fingerprint density at radius 3 is 2.57 bits per heavy atom. The first kappa shape index (κ1) is 13.8. The lowest BCUT2D eigenvalue weighted by molar-refractivity contribution is 0.486. The largest absolute Gasteiger partial charge is 0.197 e. The van der Waals surface area contributed by atoms with Gasteiger partial charge in [0, 0.05) is 5.92 Å². The standard InChI is InChI=1S/C21H16N2/c1-14-7-9-17-15(12-22)8-10-19-20(17)18(14)11-21(19,13-23)16-5-3-2-4-6-16/h2-10,14,19H,11H2,1H3/t14-,19?,21-/m1/s1. The summed E-state index contributed by atoms with van der Waals surface area (Å²) in [7, 11) is 0. The van der Waals surface area contributed by atoms with E-state index in [9.17, 15) is 10.5 Å². The fraction of sp³-hybridized carbons (Fsp3) is 0.238. The molecule has 0 amide bonds. The quantitative estimate of drug-likeness (QED) is 0.773. The molecule has 0 radical (unpaired) electrons. The van der Waals surface area contributed by atoms with Gasteiger partial charge < -0.3 is 0 Å². The molecule has 0 fully saturated rings. The summed E-state index contributed by atoms with van der Waals surface area (Å²) in [5, 5.41) is 19.5. The third-order valence-electron chi connectivity index (χ3n) is 5.40. The summed E-state index contributed by atoms with van der Waals surface area (Å²) in [6.07, 6.45) is 8.91. The van der Waals surface area contributed by atoms with E-state index in [1.165, 1.54) is 11.1 Å². The fourth-order valence-electron chi connectivity index (χ4n) is 4.21. The van der Waals surface area contributed by atoms with Crippen LogP contribution >= 0.6 is 0 Å². The molecule has 0 saturated heterocycles. The first-order valence-corrected chi connectivity index (χ1v) is 7.92. The van der Waals surface area contributed by atoms with Crippen LogP contribution in [0.1, 0.15) is 18.9 Å². The van der Waals surface area contributed by atoms with Crippen molar-refractivity contribution in [2.24, 2.45) is 11.8 Å². The van der Waals surface area contributed by atoms with E-state index in [2.05, 4.69) is 49.4 Å². The lowest BCUT2D eigenvalue weighted by Crippen LogP contribution is -2.31. The zero-order valence-corrected chi connectivity index (χ0v) is 13.0. The zero-order valence-electron chi connectivity index (χ0n) is 13.0. The van der Waals surface area contributed by atoms with Gasteiger partial charge in [0.15, 0.2) is 0 Å².